The molecule has 7 unspecified atom stereocenters. The van der Waals surface area contributed by atoms with Crippen LogP contribution in [0, 0.1) is 35.0 Å². The molecule has 3 rings (SSSR count). The molecule has 2 heteroatoms. The molecule has 0 aliphatic heterocycles. The van der Waals surface area contributed by atoms with Crippen LogP contribution in [0.4, 0.5) is 0 Å². The van der Waals surface area contributed by atoms with Crippen LogP contribution in [0.3, 0.4) is 0 Å². The van der Waals surface area contributed by atoms with Gasteiger partial charge in [0.2, 0.25) is 0 Å². The zero-order valence-electron chi connectivity index (χ0n) is 20.9. The number of aliphatic hydroxyl groups excluding tert-OH is 2. The predicted octanol–water partition coefficient (Wildman–Crippen LogP) is 7.23. The molecule has 3 fully saturated rings. The number of hydrogen-bond acceptors (Lipinski definition) is 2. The smallest absolute Gasteiger partial charge is 0.0811 e. The van der Waals surface area contributed by atoms with E-state index in [1.807, 2.05) is 0 Å². The lowest BCUT2D eigenvalue weighted by Crippen LogP contribution is -2.36. The quantitative estimate of drug-likeness (QED) is 0.449. The molecule has 0 aromatic rings. The van der Waals surface area contributed by atoms with Gasteiger partial charge in [-0.3, -0.25) is 0 Å². The summed E-state index contributed by atoms with van der Waals surface area (Å²) in [5.74, 6) is 4.02. The summed E-state index contributed by atoms with van der Waals surface area (Å²) >= 11 is 0. The zero-order chi connectivity index (χ0) is 22.8. The second-order valence-electron chi connectivity index (χ2n) is 11.6. The van der Waals surface area contributed by atoms with Gasteiger partial charge < -0.3 is 10.2 Å². The molecule has 2 N–H and O–H groups in total. The van der Waals surface area contributed by atoms with Gasteiger partial charge in [0.15, 0.2) is 0 Å². The second kappa shape index (κ2) is 10.4. The van der Waals surface area contributed by atoms with Crippen molar-refractivity contribution in [2.75, 3.05) is 0 Å². The van der Waals surface area contributed by atoms with E-state index in [-0.39, 0.29) is 0 Å². The third kappa shape index (κ3) is 5.38. The second-order valence-corrected chi connectivity index (χ2v) is 11.6. The van der Waals surface area contributed by atoms with E-state index in [4.69, 9.17) is 0 Å². The summed E-state index contributed by atoms with van der Waals surface area (Å²) in [4.78, 5) is 0. The lowest BCUT2D eigenvalue weighted by atomic mass is 9.60. The van der Waals surface area contributed by atoms with Crippen molar-refractivity contribution in [2.45, 2.75) is 111 Å². The van der Waals surface area contributed by atoms with E-state index in [2.05, 4.69) is 53.3 Å². The standard InChI is InChI=1S/C29H48O2/c1-7-22(19(2)3)11-10-20(4)26-14-15-27-23(9-8-16-29(26,27)6)12-13-24-17-25(30)18-28(31)21(24)5/h12-13,19-20,22,25-28,30-31H,5,7-11,14-18H2,1-4,6H3/b23-12+,24-13-. The van der Waals surface area contributed by atoms with Gasteiger partial charge in [0, 0.05) is 6.42 Å². The molecule has 3 aliphatic carbocycles. The highest BCUT2D eigenvalue weighted by Gasteiger charge is 2.50. The first-order valence-electron chi connectivity index (χ1n) is 13.1. The van der Waals surface area contributed by atoms with Crippen LogP contribution in [0.25, 0.3) is 0 Å². The fourth-order valence-electron chi connectivity index (χ4n) is 7.37. The van der Waals surface area contributed by atoms with Crippen molar-refractivity contribution < 1.29 is 10.2 Å². The van der Waals surface area contributed by atoms with Gasteiger partial charge in [-0.25, -0.2) is 0 Å². The fraction of sp³-hybridized carbons (Fsp3) is 0.793. The summed E-state index contributed by atoms with van der Waals surface area (Å²) in [5, 5.41) is 20.2. The number of hydrogen-bond donors (Lipinski definition) is 2. The van der Waals surface area contributed by atoms with Gasteiger partial charge in [-0.2, -0.15) is 0 Å². The van der Waals surface area contributed by atoms with Crippen molar-refractivity contribution in [3.05, 3.63) is 35.5 Å². The van der Waals surface area contributed by atoms with Gasteiger partial charge in [-0.15, -0.1) is 0 Å². The topological polar surface area (TPSA) is 40.5 Å². The Bertz CT molecular complexity index is 687. The minimum atomic E-state index is -0.598. The molecular formula is C29H48O2. The third-order valence-corrected chi connectivity index (χ3v) is 9.45. The number of allylic oxidation sites excluding steroid dienone is 3. The summed E-state index contributed by atoms with van der Waals surface area (Å²) in [5.41, 5.74) is 3.87. The average Bonchev–Trinajstić information content (AvgIpc) is 3.07. The van der Waals surface area contributed by atoms with Crippen LogP contribution in [0.5, 0.6) is 0 Å². The summed E-state index contributed by atoms with van der Waals surface area (Å²) in [7, 11) is 0. The molecule has 176 valence electrons. The van der Waals surface area contributed by atoms with Crippen LogP contribution in [-0.2, 0) is 0 Å². The van der Waals surface area contributed by atoms with E-state index >= 15 is 0 Å². The van der Waals surface area contributed by atoms with Crippen LogP contribution in [0.1, 0.15) is 98.8 Å². The van der Waals surface area contributed by atoms with E-state index in [1.165, 1.54) is 51.4 Å². The Balaban J connectivity index is 1.71. The first-order chi connectivity index (χ1) is 14.7. The molecule has 0 saturated heterocycles. The van der Waals surface area contributed by atoms with Crippen LogP contribution < -0.4 is 0 Å². The Labute approximate surface area is 191 Å². The maximum Gasteiger partial charge on any atom is 0.0811 e. The summed E-state index contributed by atoms with van der Waals surface area (Å²) in [6.45, 7) is 16.3. The molecule has 0 heterocycles. The van der Waals surface area contributed by atoms with Crippen molar-refractivity contribution in [3.63, 3.8) is 0 Å². The molecule has 0 aromatic heterocycles. The fourth-order valence-corrected chi connectivity index (χ4v) is 7.37. The molecule has 3 saturated carbocycles. The molecule has 0 spiro atoms. The maximum atomic E-state index is 10.2. The lowest BCUT2D eigenvalue weighted by molar-refractivity contribution is 0.0860. The Kier molecular flexibility index (Phi) is 8.30. The molecule has 0 radical (unpaired) electrons. The van der Waals surface area contributed by atoms with Gasteiger partial charge in [-0.05, 0) is 91.1 Å². The first-order valence-corrected chi connectivity index (χ1v) is 13.1. The molecule has 31 heavy (non-hydrogen) atoms. The van der Waals surface area contributed by atoms with Crippen molar-refractivity contribution in [2.24, 2.45) is 35.0 Å². The van der Waals surface area contributed by atoms with E-state index in [1.54, 1.807) is 5.57 Å². The first kappa shape index (κ1) is 24.8. The molecule has 0 amide bonds. The Hall–Kier alpha value is -0.860. The molecule has 3 aliphatic rings. The molecular weight excluding hydrogens is 380 g/mol. The van der Waals surface area contributed by atoms with Crippen molar-refractivity contribution in [1.82, 2.24) is 0 Å². The van der Waals surface area contributed by atoms with Crippen LogP contribution in [-0.4, -0.2) is 22.4 Å². The highest BCUT2D eigenvalue weighted by atomic mass is 16.3. The van der Waals surface area contributed by atoms with Crippen LogP contribution >= 0.6 is 0 Å². The molecule has 2 nitrogen and oxygen atoms in total. The van der Waals surface area contributed by atoms with Crippen LogP contribution in [0.2, 0.25) is 0 Å². The van der Waals surface area contributed by atoms with E-state index in [9.17, 15) is 10.2 Å². The summed E-state index contributed by atoms with van der Waals surface area (Å²) < 4.78 is 0. The third-order valence-electron chi connectivity index (χ3n) is 9.45. The summed E-state index contributed by atoms with van der Waals surface area (Å²) in [6, 6.07) is 0. The Morgan fingerprint density at radius 2 is 1.87 bits per heavy atom. The SMILES string of the molecule is C=C1/C(=C\C=C2/CCCC3(C)C2CCC3C(C)CCC(CC)C(C)C)CC(O)CC1O. The van der Waals surface area contributed by atoms with Gasteiger partial charge in [0.25, 0.3) is 0 Å². The monoisotopic (exact) mass is 428 g/mol. The Morgan fingerprint density at radius 3 is 2.55 bits per heavy atom. The van der Waals surface area contributed by atoms with E-state index in [0.717, 1.165) is 34.8 Å². The normalized spacial score (nSPS) is 38.6. The molecule has 0 aromatic carbocycles. The lowest BCUT2D eigenvalue weighted by Gasteiger charge is -2.44. The number of rotatable bonds is 7. The largest absolute Gasteiger partial charge is 0.393 e. The minimum absolute atomic E-state index is 0.419. The highest BCUT2D eigenvalue weighted by molar-refractivity contribution is 5.38. The zero-order valence-corrected chi connectivity index (χ0v) is 20.9. The van der Waals surface area contributed by atoms with E-state index in [0.29, 0.717) is 24.2 Å². The van der Waals surface area contributed by atoms with Gasteiger partial charge in [-0.1, -0.05) is 71.8 Å². The minimum Gasteiger partial charge on any atom is -0.393 e. The Morgan fingerprint density at radius 1 is 1.13 bits per heavy atom. The van der Waals surface area contributed by atoms with Crippen molar-refractivity contribution >= 4 is 0 Å². The highest BCUT2D eigenvalue weighted by Crippen LogP contribution is 2.60. The average molecular weight is 429 g/mol. The molecule has 7 atom stereocenters. The van der Waals surface area contributed by atoms with Crippen LogP contribution in [0.15, 0.2) is 35.5 Å². The van der Waals surface area contributed by atoms with Crippen molar-refractivity contribution in [3.8, 4) is 0 Å². The van der Waals surface area contributed by atoms with Gasteiger partial charge in [0.05, 0.1) is 12.2 Å². The summed E-state index contributed by atoms with van der Waals surface area (Å²) in [6.07, 6.45) is 15.1. The van der Waals surface area contributed by atoms with Gasteiger partial charge >= 0.3 is 0 Å². The van der Waals surface area contributed by atoms with Crippen molar-refractivity contribution in [1.29, 1.82) is 0 Å². The number of fused-ring (bicyclic) bond motifs is 1. The van der Waals surface area contributed by atoms with Gasteiger partial charge in [0.1, 0.15) is 0 Å². The predicted molar refractivity (Wildman–Crippen MR) is 132 cm³/mol. The maximum absolute atomic E-state index is 10.2. The van der Waals surface area contributed by atoms with E-state index < -0.39 is 12.2 Å². The molecule has 0 bridgehead atoms. The number of aliphatic hydroxyl groups is 2.